The predicted octanol–water partition coefficient (Wildman–Crippen LogP) is 3.62. The van der Waals surface area contributed by atoms with Crippen molar-refractivity contribution in [2.45, 2.75) is 0 Å². The van der Waals surface area contributed by atoms with E-state index in [0.29, 0.717) is 10.8 Å². The number of nitrogens with two attached hydrogens (primary N) is 1. The van der Waals surface area contributed by atoms with Crippen molar-refractivity contribution < 1.29 is 0 Å². The lowest BCUT2D eigenvalue weighted by Crippen LogP contribution is -1.93. The molecule has 0 amide bonds. The summed E-state index contributed by atoms with van der Waals surface area (Å²) in [5, 5.41) is 3.61. The predicted molar refractivity (Wildman–Crippen MR) is 68.7 cm³/mol. The molecule has 0 aliphatic heterocycles. The number of benzene rings is 2. The van der Waals surface area contributed by atoms with Gasteiger partial charge in [0, 0.05) is 10.8 Å². The molecular formula is C13H9ClN2. The van der Waals surface area contributed by atoms with Gasteiger partial charge in [0.15, 0.2) is 0 Å². The summed E-state index contributed by atoms with van der Waals surface area (Å²) >= 11 is 6.14. The topological polar surface area (TPSA) is 38.9 Å². The largest absolute Gasteiger partial charge is 0.383 e. The van der Waals surface area contributed by atoms with Crippen molar-refractivity contribution in [2.75, 3.05) is 5.73 Å². The number of aromatic nitrogens is 1. The van der Waals surface area contributed by atoms with E-state index < -0.39 is 0 Å². The van der Waals surface area contributed by atoms with Crippen molar-refractivity contribution in [1.82, 2.24) is 4.98 Å². The van der Waals surface area contributed by atoms with Gasteiger partial charge < -0.3 is 5.73 Å². The van der Waals surface area contributed by atoms with Crippen LogP contribution >= 0.6 is 11.6 Å². The van der Waals surface area contributed by atoms with Crippen LogP contribution in [0.4, 0.5) is 5.82 Å². The number of hydrogen-bond acceptors (Lipinski definition) is 2. The van der Waals surface area contributed by atoms with Gasteiger partial charge in [-0.05, 0) is 17.5 Å². The third-order valence-electron chi connectivity index (χ3n) is 2.70. The summed E-state index contributed by atoms with van der Waals surface area (Å²) in [5.74, 6) is 0.485. The SMILES string of the molecule is Nc1nc2ccccc2c2cccc(Cl)c12. The van der Waals surface area contributed by atoms with E-state index in [-0.39, 0.29) is 0 Å². The lowest BCUT2D eigenvalue weighted by atomic mass is 10.1. The Bertz CT molecular complexity index is 692. The standard InChI is InChI=1S/C13H9ClN2/c14-10-6-3-5-9-8-4-1-2-7-11(8)16-13(15)12(9)10/h1-7H,(H2,15,16). The van der Waals surface area contributed by atoms with Gasteiger partial charge in [0.2, 0.25) is 0 Å². The average molecular weight is 229 g/mol. The second-order valence-corrected chi connectivity index (χ2v) is 4.08. The highest BCUT2D eigenvalue weighted by atomic mass is 35.5. The maximum absolute atomic E-state index is 6.14. The first-order valence-electron chi connectivity index (χ1n) is 5.00. The molecule has 1 heterocycles. The van der Waals surface area contributed by atoms with Crippen molar-refractivity contribution in [3.05, 3.63) is 47.5 Å². The summed E-state index contributed by atoms with van der Waals surface area (Å²) in [5.41, 5.74) is 6.83. The normalized spacial score (nSPS) is 11.1. The molecule has 0 saturated carbocycles. The van der Waals surface area contributed by atoms with Gasteiger partial charge in [0.1, 0.15) is 5.82 Å². The maximum Gasteiger partial charge on any atom is 0.133 e. The van der Waals surface area contributed by atoms with Crippen LogP contribution in [0.2, 0.25) is 5.02 Å². The molecule has 0 unspecified atom stereocenters. The molecule has 0 aliphatic rings. The second-order valence-electron chi connectivity index (χ2n) is 3.68. The number of pyridine rings is 1. The Labute approximate surface area is 97.7 Å². The Morgan fingerprint density at radius 1 is 0.938 bits per heavy atom. The first kappa shape index (κ1) is 9.43. The Hall–Kier alpha value is -1.80. The van der Waals surface area contributed by atoms with Gasteiger partial charge in [-0.3, -0.25) is 0 Å². The van der Waals surface area contributed by atoms with Gasteiger partial charge in [-0.2, -0.15) is 0 Å². The molecule has 16 heavy (non-hydrogen) atoms. The van der Waals surface area contributed by atoms with Crippen molar-refractivity contribution in [1.29, 1.82) is 0 Å². The Morgan fingerprint density at radius 2 is 1.69 bits per heavy atom. The smallest absolute Gasteiger partial charge is 0.133 e. The quantitative estimate of drug-likeness (QED) is 0.597. The zero-order valence-corrected chi connectivity index (χ0v) is 9.20. The van der Waals surface area contributed by atoms with Crippen LogP contribution in [0.25, 0.3) is 21.7 Å². The van der Waals surface area contributed by atoms with Crippen molar-refractivity contribution in [3.63, 3.8) is 0 Å². The molecule has 0 atom stereocenters. The van der Waals surface area contributed by atoms with Crippen LogP contribution in [-0.2, 0) is 0 Å². The summed E-state index contributed by atoms with van der Waals surface area (Å²) < 4.78 is 0. The molecule has 2 N–H and O–H groups in total. The van der Waals surface area contributed by atoms with Gasteiger partial charge in [-0.1, -0.05) is 41.9 Å². The molecule has 1 aromatic heterocycles. The van der Waals surface area contributed by atoms with Crippen LogP contribution in [-0.4, -0.2) is 4.98 Å². The van der Waals surface area contributed by atoms with Crippen molar-refractivity contribution >= 4 is 39.1 Å². The van der Waals surface area contributed by atoms with Gasteiger partial charge in [-0.15, -0.1) is 0 Å². The van der Waals surface area contributed by atoms with E-state index in [2.05, 4.69) is 4.98 Å². The number of nitrogen functional groups attached to an aromatic ring is 1. The molecule has 3 rings (SSSR count). The fourth-order valence-corrected chi connectivity index (χ4v) is 2.26. The van der Waals surface area contributed by atoms with Crippen LogP contribution in [0.3, 0.4) is 0 Å². The number of rotatable bonds is 0. The molecule has 0 fully saturated rings. The molecule has 0 saturated heterocycles. The third kappa shape index (κ3) is 1.24. The van der Waals surface area contributed by atoms with Gasteiger partial charge in [-0.25, -0.2) is 4.98 Å². The molecule has 2 aromatic carbocycles. The zero-order valence-electron chi connectivity index (χ0n) is 8.44. The van der Waals surface area contributed by atoms with Gasteiger partial charge in [0.05, 0.1) is 10.5 Å². The number of nitrogens with zero attached hydrogens (tertiary/aromatic N) is 1. The first-order valence-corrected chi connectivity index (χ1v) is 5.37. The number of para-hydroxylation sites is 1. The zero-order chi connectivity index (χ0) is 11.1. The molecule has 0 aliphatic carbocycles. The molecule has 0 spiro atoms. The van der Waals surface area contributed by atoms with E-state index in [1.807, 2.05) is 42.5 Å². The lowest BCUT2D eigenvalue weighted by Gasteiger charge is -2.07. The maximum atomic E-state index is 6.14. The van der Waals surface area contributed by atoms with E-state index in [1.54, 1.807) is 0 Å². The van der Waals surface area contributed by atoms with E-state index in [1.165, 1.54) is 0 Å². The lowest BCUT2D eigenvalue weighted by molar-refractivity contribution is 1.44. The van der Waals surface area contributed by atoms with Crippen LogP contribution in [0.5, 0.6) is 0 Å². The fourth-order valence-electron chi connectivity index (χ4n) is 1.99. The summed E-state index contributed by atoms with van der Waals surface area (Å²) in [6, 6.07) is 13.7. The molecular weight excluding hydrogens is 220 g/mol. The van der Waals surface area contributed by atoms with Gasteiger partial charge in [0.25, 0.3) is 0 Å². The highest BCUT2D eigenvalue weighted by Gasteiger charge is 2.07. The summed E-state index contributed by atoms with van der Waals surface area (Å²) in [4.78, 5) is 4.36. The number of hydrogen-bond donors (Lipinski definition) is 1. The van der Waals surface area contributed by atoms with Gasteiger partial charge >= 0.3 is 0 Å². The second kappa shape index (κ2) is 3.35. The summed E-state index contributed by atoms with van der Waals surface area (Å²) in [6.07, 6.45) is 0. The van der Waals surface area contributed by atoms with E-state index in [9.17, 15) is 0 Å². The molecule has 78 valence electrons. The van der Waals surface area contributed by atoms with E-state index >= 15 is 0 Å². The summed E-state index contributed by atoms with van der Waals surface area (Å²) in [6.45, 7) is 0. The summed E-state index contributed by atoms with van der Waals surface area (Å²) in [7, 11) is 0. The van der Waals surface area contributed by atoms with Crippen LogP contribution < -0.4 is 5.73 Å². The Balaban J connectivity index is 2.65. The third-order valence-corrected chi connectivity index (χ3v) is 3.02. The first-order chi connectivity index (χ1) is 7.77. The minimum absolute atomic E-state index is 0.485. The van der Waals surface area contributed by atoms with E-state index in [4.69, 9.17) is 17.3 Å². The van der Waals surface area contributed by atoms with Crippen LogP contribution in [0.15, 0.2) is 42.5 Å². The highest BCUT2D eigenvalue weighted by molar-refractivity contribution is 6.37. The van der Waals surface area contributed by atoms with Crippen LogP contribution in [0.1, 0.15) is 0 Å². The molecule has 3 aromatic rings. The highest BCUT2D eigenvalue weighted by Crippen LogP contribution is 2.32. The Kier molecular flexibility index (Phi) is 1.98. The molecule has 3 heteroatoms. The van der Waals surface area contributed by atoms with Crippen molar-refractivity contribution in [2.24, 2.45) is 0 Å². The number of anilines is 1. The molecule has 0 radical (unpaired) electrons. The number of halogens is 1. The minimum Gasteiger partial charge on any atom is -0.383 e. The minimum atomic E-state index is 0.485. The number of fused-ring (bicyclic) bond motifs is 3. The fraction of sp³-hybridized carbons (Fsp3) is 0. The molecule has 2 nitrogen and oxygen atoms in total. The Morgan fingerprint density at radius 3 is 2.56 bits per heavy atom. The van der Waals surface area contributed by atoms with Crippen LogP contribution in [0, 0.1) is 0 Å². The monoisotopic (exact) mass is 228 g/mol. The van der Waals surface area contributed by atoms with Crippen molar-refractivity contribution in [3.8, 4) is 0 Å². The molecule has 0 bridgehead atoms. The average Bonchev–Trinajstić information content (AvgIpc) is 2.29. The van der Waals surface area contributed by atoms with E-state index in [0.717, 1.165) is 21.7 Å².